The van der Waals surface area contributed by atoms with Crippen molar-refractivity contribution in [2.45, 2.75) is 58.3 Å². The summed E-state index contributed by atoms with van der Waals surface area (Å²) >= 11 is 0. The fraction of sp³-hybridized carbons (Fsp3) is 0.417. The summed E-state index contributed by atoms with van der Waals surface area (Å²) in [5.41, 5.74) is 1.18. The van der Waals surface area contributed by atoms with Crippen LogP contribution in [0.1, 0.15) is 67.8 Å². The van der Waals surface area contributed by atoms with Gasteiger partial charge in [0, 0.05) is 5.56 Å². The molecule has 0 N–H and O–H groups in total. The number of benzene rings is 2. The second kappa shape index (κ2) is 10.6. The van der Waals surface area contributed by atoms with E-state index in [1.165, 1.54) is 38.5 Å². The van der Waals surface area contributed by atoms with Crippen LogP contribution in [0.2, 0.25) is 0 Å². The zero-order valence-electron chi connectivity index (χ0n) is 16.9. The second-order valence-electron chi connectivity index (χ2n) is 7.30. The lowest BCUT2D eigenvalue weighted by Crippen LogP contribution is -2.08. The van der Waals surface area contributed by atoms with Gasteiger partial charge in [0.1, 0.15) is 17.2 Å². The first kappa shape index (κ1) is 20.9. The SMILES string of the molecule is CCCCCCCCCOc1ccc(C(=O)Oc2ccc3c(c2)CC(=O)O3)cc1. The highest BCUT2D eigenvalue weighted by Crippen LogP contribution is 2.30. The van der Waals surface area contributed by atoms with Crippen molar-refractivity contribution in [2.24, 2.45) is 0 Å². The first-order valence-electron chi connectivity index (χ1n) is 10.4. The summed E-state index contributed by atoms with van der Waals surface area (Å²) in [6.45, 7) is 2.91. The quantitative estimate of drug-likeness (QED) is 0.285. The largest absolute Gasteiger partial charge is 0.494 e. The Morgan fingerprint density at radius 3 is 2.38 bits per heavy atom. The topological polar surface area (TPSA) is 61.8 Å². The molecule has 3 rings (SSSR count). The number of hydrogen-bond donors (Lipinski definition) is 0. The van der Waals surface area contributed by atoms with E-state index in [0.29, 0.717) is 23.7 Å². The zero-order chi connectivity index (χ0) is 20.5. The molecule has 0 aliphatic carbocycles. The van der Waals surface area contributed by atoms with Gasteiger partial charge in [-0.25, -0.2) is 4.79 Å². The molecule has 2 aromatic carbocycles. The van der Waals surface area contributed by atoms with Gasteiger partial charge in [0.05, 0.1) is 18.6 Å². The minimum Gasteiger partial charge on any atom is -0.494 e. The first-order valence-corrected chi connectivity index (χ1v) is 10.4. The Kier molecular flexibility index (Phi) is 7.68. The van der Waals surface area contributed by atoms with Crippen molar-refractivity contribution in [2.75, 3.05) is 6.61 Å². The van der Waals surface area contributed by atoms with Gasteiger partial charge >= 0.3 is 11.9 Å². The van der Waals surface area contributed by atoms with E-state index < -0.39 is 5.97 Å². The summed E-state index contributed by atoms with van der Waals surface area (Å²) in [4.78, 5) is 23.6. The standard InChI is InChI=1S/C24H28O5/c1-2-3-4-5-6-7-8-15-27-20-11-9-18(10-12-20)24(26)28-21-13-14-22-19(16-21)17-23(25)29-22/h9-14,16H,2-8,15,17H2,1H3. The number of rotatable bonds is 11. The molecule has 0 saturated heterocycles. The molecule has 0 fully saturated rings. The van der Waals surface area contributed by atoms with Gasteiger partial charge in [-0.15, -0.1) is 0 Å². The molecule has 1 aliphatic heterocycles. The normalized spacial score (nSPS) is 12.4. The van der Waals surface area contributed by atoms with Crippen LogP contribution < -0.4 is 14.2 Å². The third-order valence-electron chi connectivity index (χ3n) is 4.91. The van der Waals surface area contributed by atoms with Gasteiger partial charge in [0.2, 0.25) is 0 Å². The lowest BCUT2D eigenvalue weighted by Gasteiger charge is -2.08. The van der Waals surface area contributed by atoms with E-state index in [1.54, 1.807) is 42.5 Å². The smallest absolute Gasteiger partial charge is 0.343 e. The molecule has 0 unspecified atom stereocenters. The maximum absolute atomic E-state index is 12.3. The molecule has 0 radical (unpaired) electrons. The highest BCUT2D eigenvalue weighted by molar-refractivity contribution is 5.91. The first-order chi connectivity index (χ1) is 14.2. The third kappa shape index (κ3) is 6.34. The van der Waals surface area contributed by atoms with Crippen molar-refractivity contribution in [3.8, 4) is 17.2 Å². The number of carbonyl (C=O) groups excluding carboxylic acids is 2. The summed E-state index contributed by atoms with van der Waals surface area (Å²) in [6.07, 6.45) is 8.92. The number of hydrogen-bond acceptors (Lipinski definition) is 5. The highest BCUT2D eigenvalue weighted by atomic mass is 16.5. The van der Waals surface area contributed by atoms with Crippen molar-refractivity contribution in [1.29, 1.82) is 0 Å². The van der Waals surface area contributed by atoms with Crippen LogP contribution in [-0.2, 0) is 11.2 Å². The van der Waals surface area contributed by atoms with Gasteiger partial charge in [-0.1, -0.05) is 45.4 Å². The molecule has 29 heavy (non-hydrogen) atoms. The van der Waals surface area contributed by atoms with Crippen LogP contribution in [0.3, 0.4) is 0 Å². The van der Waals surface area contributed by atoms with Crippen molar-refractivity contribution in [3.63, 3.8) is 0 Å². The van der Waals surface area contributed by atoms with Crippen molar-refractivity contribution in [1.82, 2.24) is 0 Å². The molecule has 1 heterocycles. The van der Waals surface area contributed by atoms with Crippen LogP contribution in [0, 0.1) is 0 Å². The number of carbonyl (C=O) groups is 2. The van der Waals surface area contributed by atoms with E-state index in [2.05, 4.69) is 6.92 Å². The summed E-state index contributed by atoms with van der Waals surface area (Å²) in [5, 5.41) is 0. The summed E-state index contributed by atoms with van der Waals surface area (Å²) in [6, 6.07) is 11.9. The molecule has 5 nitrogen and oxygen atoms in total. The molecule has 1 aliphatic rings. The van der Waals surface area contributed by atoms with Gasteiger partial charge in [0.25, 0.3) is 0 Å². The van der Waals surface area contributed by atoms with E-state index in [4.69, 9.17) is 14.2 Å². The third-order valence-corrected chi connectivity index (χ3v) is 4.91. The lowest BCUT2D eigenvalue weighted by atomic mass is 10.1. The van der Waals surface area contributed by atoms with Crippen LogP contribution in [0.15, 0.2) is 42.5 Å². The van der Waals surface area contributed by atoms with Crippen LogP contribution in [0.4, 0.5) is 0 Å². The maximum Gasteiger partial charge on any atom is 0.343 e. The zero-order valence-corrected chi connectivity index (χ0v) is 16.9. The van der Waals surface area contributed by atoms with Crippen LogP contribution in [0.25, 0.3) is 0 Å². The van der Waals surface area contributed by atoms with Gasteiger partial charge in [-0.3, -0.25) is 4.79 Å². The lowest BCUT2D eigenvalue weighted by molar-refractivity contribution is -0.131. The molecule has 2 aromatic rings. The Hall–Kier alpha value is -2.82. The Morgan fingerprint density at radius 2 is 1.62 bits per heavy atom. The molecule has 0 spiro atoms. The predicted molar refractivity (Wildman–Crippen MR) is 111 cm³/mol. The van der Waals surface area contributed by atoms with Crippen LogP contribution in [0.5, 0.6) is 17.2 Å². The van der Waals surface area contributed by atoms with Gasteiger partial charge in [-0.2, -0.15) is 0 Å². The van der Waals surface area contributed by atoms with E-state index in [-0.39, 0.29) is 12.4 Å². The Bertz CT molecular complexity index is 826. The second-order valence-corrected chi connectivity index (χ2v) is 7.30. The van der Waals surface area contributed by atoms with Crippen molar-refractivity contribution in [3.05, 3.63) is 53.6 Å². The number of unbranched alkanes of at least 4 members (excludes halogenated alkanes) is 6. The molecule has 0 aromatic heterocycles. The predicted octanol–water partition coefficient (Wildman–Crippen LogP) is 5.50. The Balaban J connectivity index is 1.41. The van der Waals surface area contributed by atoms with Crippen LogP contribution >= 0.6 is 0 Å². The average molecular weight is 396 g/mol. The van der Waals surface area contributed by atoms with E-state index in [1.807, 2.05) is 0 Å². The molecular formula is C24H28O5. The van der Waals surface area contributed by atoms with Crippen LogP contribution in [-0.4, -0.2) is 18.5 Å². The highest BCUT2D eigenvalue weighted by Gasteiger charge is 2.21. The molecular weight excluding hydrogens is 368 g/mol. The van der Waals surface area contributed by atoms with Crippen molar-refractivity contribution < 1.29 is 23.8 Å². The minimum atomic E-state index is -0.450. The fourth-order valence-electron chi connectivity index (χ4n) is 3.27. The number of fused-ring (bicyclic) bond motifs is 1. The molecule has 0 amide bonds. The molecule has 0 atom stereocenters. The minimum absolute atomic E-state index is 0.200. The Labute approximate surface area is 172 Å². The summed E-state index contributed by atoms with van der Waals surface area (Å²) in [7, 11) is 0. The number of esters is 2. The van der Waals surface area contributed by atoms with Gasteiger partial charge in [-0.05, 0) is 48.9 Å². The van der Waals surface area contributed by atoms with E-state index >= 15 is 0 Å². The summed E-state index contributed by atoms with van der Waals surface area (Å²) < 4.78 is 16.2. The molecule has 5 heteroatoms. The van der Waals surface area contributed by atoms with E-state index in [0.717, 1.165) is 17.7 Å². The average Bonchev–Trinajstić information content (AvgIpc) is 3.09. The van der Waals surface area contributed by atoms with Crippen molar-refractivity contribution >= 4 is 11.9 Å². The summed E-state index contributed by atoms with van der Waals surface area (Å²) in [5.74, 6) is 0.925. The van der Waals surface area contributed by atoms with E-state index in [9.17, 15) is 9.59 Å². The Morgan fingerprint density at radius 1 is 0.931 bits per heavy atom. The maximum atomic E-state index is 12.3. The molecule has 0 saturated carbocycles. The molecule has 154 valence electrons. The number of ether oxygens (including phenoxy) is 3. The molecule has 0 bridgehead atoms. The monoisotopic (exact) mass is 396 g/mol. The fourth-order valence-corrected chi connectivity index (χ4v) is 3.27. The van der Waals surface area contributed by atoms with Gasteiger partial charge < -0.3 is 14.2 Å². The van der Waals surface area contributed by atoms with Gasteiger partial charge in [0.15, 0.2) is 0 Å².